The van der Waals surface area contributed by atoms with Gasteiger partial charge in [0.2, 0.25) is 0 Å². The summed E-state index contributed by atoms with van der Waals surface area (Å²) in [4.78, 5) is 24.3. The standard InChI is InChI=1S/C32H35ClN4O3S/c1-18(29-13-23(17-41-29)30-22(16-37(3)4)7-6-8-26(30)33)34-31-25-14-24(20-9-11-21(12-10-20)32(38)39)28(40-5)15-27(25)35-19(2)36-31/h6-9,13-15,17-18,21H,10-12,16H2,1-5H3,(H,38,39)(H,34,35,36)/t18-,21+/m1/s1. The quantitative estimate of drug-likeness (QED) is 0.205. The predicted molar refractivity (Wildman–Crippen MR) is 168 cm³/mol. The number of fused-ring (bicyclic) bond motifs is 1. The number of carboxylic acid groups (broad SMARTS) is 1. The van der Waals surface area contributed by atoms with Gasteiger partial charge in [0.05, 0.1) is 24.6 Å². The van der Waals surface area contributed by atoms with Gasteiger partial charge in [0.1, 0.15) is 17.4 Å². The van der Waals surface area contributed by atoms with Crippen molar-refractivity contribution in [3.63, 3.8) is 0 Å². The smallest absolute Gasteiger partial charge is 0.306 e. The molecule has 0 unspecified atom stereocenters. The molecule has 1 aliphatic carbocycles. The second-order valence-corrected chi connectivity index (χ2v) is 12.2. The second-order valence-electron chi connectivity index (χ2n) is 10.8. The molecule has 7 nitrogen and oxygen atoms in total. The first-order valence-corrected chi connectivity index (χ1v) is 15.0. The minimum Gasteiger partial charge on any atom is -0.496 e. The van der Waals surface area contributed by atoms with Gasteiger partial charge in [0, 0.05) is 39.0 Å². The van der Waals surface area contributed by atoms with E-state index in [2.05, 4.69) is 59.8 Å². The van der Waals surface area contributed by atoms with Gasteiger partial charge in [-0.05, 0) is 87.5 Å². The summed E-state index contributed by atoms with van der Waals surface area (Å²) in [6.45, 7) is 4.82. The van der Waals surface area contributed by atoms with E-state index in [0.717, 1.165) is 56.3 Å². The van der Waals surface area contributed by atoms with Crippen molar-refractivity contribution in [2.75, 3.05) is 26.5 Å². The van der Waals surface area contributed by atoms with Crippen LogP contribution < -0.4 is 10.1 Å². The van der Waals surface area contributed by atoms with E-state index in [4.69, 9.17) is 21.3 Å². The third-order valence-electron chi connectivity index (χ3n) is 7.51. The molecule has 0 spiro atoms. The van der Waals surface area contributed by atoms with Crippen molar-refractivity contribution < 1.29 is 14.6 Å². The number of anilines is 1. The number of nitrogens with zero attached hydrogens (tertiary/aromatic N) is 3. The molecule has 2 aromatic heterocycles. The summed E-state index contributed by atoms with van der Waals surface area (Å²) in [6.07, 6.45) is 3.84. The van der Waals surface area contributed by atoms with Gasteiger partial charge >= 0.3 is 5.97 Å². The molecule has 214 valence electrons. The van der Waals surface area contributed by atoms with Crippen molar-refractivity contribution >= 4 is 51.2 Å². The molecule has 9 heteroatoms. The number of carboxylic acids is 1. The van der Waals surface area contributed by atoms with E-state index in [1.807, 2.05) is 31.2 Å². The molecule has 5 rings (SSSR count). The van der Waals surface area contributed by atoms with Crippen LogP contribution >= 0.6 is 22.9 Å². The number of ether oxygens (including phenoxy) is 1. The molecule has 4 aromatic rings. The number of nitrogens with one attached hydrogen (secondary N) is 1. The fourth-order valence-corrected chi connectivity index (χ4v) is 6.67. The van der Waals surface area contributed by atoms with Crippen LogP contribution in [0.3, 0.4) is 0 Å². The van der Waals surface area contributed by atoms with Crippen LogP contribution in [-0.4, -0.2) is 47.1 Å². The van der Waals surface area contributed by atoms with Crippen LogP contribution in [0, 0.1) is 12.8 Å². The molecular formula is C32H35ClN4O3S. The zero-order chi connectivity index (χ0) is 29.3. The lowest BCUT2D eigenvalue weighted by molar-refractivity contribution is -0.141. The van der Waals surface area contributed by atoms with Crippen LogP contribution in [0.15, 0.2) is 47.9 Å². The molecule has 0 radical (unpaired) electrons. The first-order valence-electron chi connectivity index (χ1n) is 13.7. The number of hydrogen-bond donors (Lipinski definition) is 2. The zero-order valence-corrected chi connectivity index (χ0v) is 25.6. The molecular weight excluding hydrogens is 556 g/mol. The lowest BCUT2D eigenvalue weighted by Crippen LogP contribution is -2.16. The van der Waals surface area contributed by atoms with Crippen molar-refractivity contribution in [3.8, 4) is 16.9 Å². The van der Waals surface area contributed by atoms with Gasteiger partial charge in [-0.15, -0.1) is 11.3 Å². The number of hydrogen-bond acceptors (Lipinski definition) is 7. The first-order chi connectivity index (χ1) is 19.6. The van der Waals surface area contributed by atoms with Crippen molar-refractivity contribution in [2.24, 2.45) is 5.92 Å². The van der Waals surface area contributed by atoms with Gasteiger partial charge in [-0.1, -0.05) is 29.8 Å². The Bertz CT molecular complexity index is 1630. The van der Waals surface area contributed by atoms with E-state index in [-0.39, 0.29) is 12.0 Å². The first kappa shape index (κ1) is 29.0. The highest BCUT2D eigenvalue weighted by molar-refractivity contribution is 7.10. The van der Waals surface area contributed by atoms with Crippen LogP contribution in [0.5, 0.6) is 5.75 Å². The number of aliphatic carboxylic acids is 1. The number of aromatic nitrogens is 2. The molecule has 2 atom stereocenters. The summed E-state index contributed by atoms with van der Waals surface area (Å²) in [5.41, 5.74) is 6.22. The Labute approximate surface area is 249 Å². The molecule has 2 heterocycles. The van der Waals surface area contributed by atoms with Crippen LogP contribution in [0.25, 0.3) is 27.6 Å². The minimum atomic E-state index is -0.740. The zero-order valence-electron chi connectivity index (χ0n) is 24.0. The molecule has 0 fully saturated rings. The number of thiophene rings is 1. The van der Waals surface area contributed by atoms with Crippen molar-refractivity contribution in [3.05, 3.63) is 74.7 Å². The van der Waals surface area contributed by atoms with E-state index in [9.17, 15) is 9.90 Å². The van der Waals surface area contributed by atoms with Gasteiger partial charge in [-0.2, -0.15) is 0 Å². The lowest BCUT2D eigenvalue weighted by Gasteiger charge is -2.21. The fourth-order valence-electron chi connectivity index (χ4n) is 5.46. The highest BCUT2D eigenvalue weighted by Crippen LogP contribution is 2.40. The number of carbonyl (C=O) groups is 1. The van der Waals surface area contributed by atoms with Crippen molar-refractivity contribution in [1.82, 2.24) is 14.9 Å². The minimum absolute atomic E-state index is 0.0122. The number of methoxy groups -OCH3 is 1. The van der Waals surface area contributed by atoms with Gasteiger partial charge in [-0.25, -0.2) is 9.97 Å². The lowest BCUT2D eigenvalue weighted by atomic mass is 9.86. The van der Waals surface area contributed by atoms with Gasteiger partial charge < -0.3 is 20.1 Å². The summed E-state index contributed by atoms with van der Waals surface area (Å²) in [5.74, 6) is 1.07. The summed E-state index contributed by atoms with van der Waals surface area (Å²) in [5, 5.41) is 16.9. The van der Waals surface area contributed by atoms with E-state index >= 15 is 0 Å². The Hall–Kier alpha value is -3.46. The molecule has 2 aromatic carbocycles. The number of benzene rings is 2. The fraction of sp³-hybridized carbons (Fsp3) is 0.344. The van der Waals surface area contributed by atoms with Crippen LogP contribution in [0.4, 0.5) is 5.82 Å². The summed E-state index contributed by atoms with van der Waals surface area (Å²) in [6, 6.07) is 12.3. The van der Waals surface area contributed by atoms with Crippen LogP contribution in [0.1, 0.15) is 54.1 Å². The second kappa shape index (κ2) is 12.2. The van der Waals surface area contributed by atoms with E-state index in [1.54, 1.807) is 18.4 Å². The summed E-state index contributed by atoms with van der Waals surface area (Å²) < 4.78 is 5.75. The molecule has 0 saturated heterocycles. The Kier molecular flexibility index (Phi) is 8.63. The number of allylic oxidation sites excluding steroid dienone is 2. The molecule has 2 N–H and O–H groups in total. The van der Waals surface area contributed by atoms with Crippen molar-refractivity contribution in [2.45, 2.75) is 45.7 Å². The van der Waals surface area contributed by atoms with Crippen molar-refractivity contribution in [1.29, 1.82) is 0 Å². The highest BCUT2D eigenvalue weighted by Gasteiger charge is 2.24. The molecule has 0 aliphatic heterocycles. The Morgan fingerprint density at radius 3 is 2.76 bits per heavy atom. The summed E-state index contributed by atoms with van der Waals surface area (Å²) in [7, 11) is 5.77. The Morgan fingerprint density at radius 2 is 2.07 bits per heavy atom. The normalized spacial score (nSPS) is 16.1. The van der Waals surface area contributed by atoms with E-state index < -0.39 is 5.97 Å². The third kappa shape index (κ3) is 6.25. The molecule has 0 saturated carbocycles. The topological polar surface area (TPSA) is 87.6 Å². The average Bonchev–Trinajstić information content (AvgIpc) is 3.42. The maximum absolute atomic E-state index is 11.5. The molecule has 41 heavy (non-hydrogen) atoms. The van der Waals surface area contributed by atoms with E-state index in [0.29, 0.717) is 25.1 Å². The van der Waals surface area contributed by atoms with Gasteiger partial charge in [-0.3, -0.25) is 4.79 Å². The summed E-state index contributed by atoms with van der Waals surface area (Å²) >= 11 is 8.38. The van der Waals surface area contributed by atoms with Gasteiger partial charge in [0.15, 0.2) is 0 Å². The van der Waals surface area contributed by atoms with Crippen LogP contribution in [0.2, 0.25) is 5.02 Å². The number of aryl methyl sites for hydroxylation is 1. The predicted octanol–water partition coefficient (Wildman–Crippen LogP) is 7.83. The molecule has 1 aliphatic rings. The van der Waals surface area contributed by atoms with E-state index in [1.165, 1.54) is 10.4 Å². The SMILES string of the molecule is COc1cc2nc(C)nc(N[C@H](C)c3cc(-c4c(Cl)cccc4CN(C)C)cs3)c2cc1C1=CC[C@H](C(=O)O)CC1. The third-order valence-corrected chi connectivity index (χ3v) is 8.94. The average molecular weight is 591 g/mol. The monoisotopic (exact) mass is 590 g/mol. The Morgan fingerprint density at radius 1 is 1.27 bits per heavy atom. The molecule has 0 amide bonds. The number of rotatable bonds is 9. The van der Waals surface area contributed by atoms with Crippen LogP contribution in [-0.2, 0) is 11.3 Å². The largest absolute Gasteiger partial charge is 0.496 e. The van der Waals surface area contributed by atoms with Gasteiger partial charge in [0.25, 0.3) is 0 Å². The highest BCUT2D eigenvalue weighted by atomic mass is 35.5. The number of halogens is 1. The molecule has 0 bridgehead atoms. The maximum atomic E-state index is 11.5. The Balaban J connectivity index is 1.48. The maximum Gasteiger partial charge on any atom is 0.306 e.